The number of aryl methyl sites for hydroxylation is 1. The zero-order valence-electron chi connectivity index (χ0n) is 18.8. The summed E-state index contributed by atoms with van der Waals surface area (Å²) in [6.45, 7) is 6.09. The number of hydrogen-bond acceptors (Lipinski definition) is 0. The number of hydrogen-bond donors (Lipinski definition) is 0. The summed E-state index contributed by atoms with van der Waals surface area (Å²) in [4.78, 5) is 0. The van der Waals surface area contributed by atoms with Crippen LogP contribution in [0.15, 0.2) is 61.2 Å². The van der Waals surface area contributed by atoms with Crippen molar-refractivity contribution in [1.82, 2.24) is 0 Å². The fraction of sp³-hybridized carbons (Fsp3) is 0.467. The van der Waals surface area contributed by atoms with Gasteiger partial charge in [0.05, 0.1) is 0 Å². The predicted octanol–water partition coefficient (Wildman–Crippen LogP) is 8.45. The van der Waals surface area contributed by atoms with Gasteiger partial charge in [-0.3, -0.25) is 0 Å². The maximum Gasteiger partial charge on any atom is 0.0249 e. The van der Waals surface area contributed by atoms with Gasteiger partial charge in [-0.25, -0.2) is 0 Å². The van der Waals surface area contributed by atoms with E-state index in [0.29, 0.717) is 0 Å². The van der Waals surface area contributed by atoms with Gasteiger partial charge in [-0.1, -0.05) is 68.4 Å². The standard InChI is InChI=1S/C30H38/c1-3-5-7-8-10-26-11-13-27(14-12-26)15-16-28-19-23-30(24-20-28)29-21-17-25(18-22-29)9-6-4-2/h3,11-14,19-20,23-25,29H,1,4-10,17-18,21-22H2,2H3. The summed E-state index contributed by atoms with van der Waals surface area (Å²) in [5.74, 6) is 8.40. The first-order chi connectivity index (χ1) is 14.8. The third-order valence-electron chi connectivity index (χ3n) is 6.62. The molecule has 0 nitrogen and oxygen atoms in total. The van der Waals surface area contributed by atoms with Crippen LogP contribution in [0, 0.1) is 17.8 Å². The lowest BCUT2D eigenvalue weighted by atomic mass is 9.77. The van der Waals surface area contributed by atoms with Crippen molar-refractivity contribution in [2.24, 2.45) is 5.92 Å². The van der Waals surface area contributed by atoms with Crippen molar-refractivity contribution in [2.45, 2.75) is 83.5 Å². The van der Waals surface area contributed by atoms with Crippen molar-refractivity contribution in [2.75, 3.05) is 0 Å². The fourth-order valence-corrected chi connectivity index (χ4v) is 4.63. The molecule has 1 aliphatic carbocycles. The minimum absolute atomic E-state index is 0.754. The SMILES string of the molecule is C=CCCCCc1ccc(C#Cc2ccc(C3CCC(CCCC)CC3)cc2)cc1. The molecule has 30 heavy (non-hydrogen) atoms. The summed E-state index contributed by atoms with van der Waals surface area (Å²) >= 11 is 0. The fourth-order valence-electron chi connectivity index (χ4n) is 4.63. The Morgan fingerprint density at radius 2 is 1.47 bits per heavy atom. The molecular weight excluding hydrogens is 360 g/mol. The number of unbranched alkanes of at least 4 members (excludes halogenated alkanes) is 3. The van der Waals surface area contributed by atoms with E-state index in [1.807, 2.05) is 6.08 Å². The molecule has 0 heterocycles. The second-order valence-electron chi connectivity index (χ2n) is 8.96. The second-order valence-corrected chi connectivity index (χ2v) is 8.96. The first kappa shape index (κ1) is 22.4. The molecule has 0 N–H and O–H groups in total. The van der Waals surface area contributed by atoms with E-state index in [0.717, 1.165) is 35.8 Å². The molecule has 1 fully saturated rings. The molecule has 0 heteroatoms. The maximum atomic E-state index is 3.79. The van der Waals surface area contributed by atoms with Crippen LogP contribution < -0.4 is 0 Å². The molecule has 2 aromatic carbocycles. The van der Waals surface area contributed by atoms with E-state index in [9.17, 15) is 0 Å². The molecule has 0 bridgehead atoms. The van der Waals surface area contributed by atoms with Crippen LogP contribution in [-0.2, 0) is 6.42 Å². The van der Waals surface area contributed by atoms with Crippen LogP contribution in [0.3, 0.4) is 0 Å². The highest BCUT2D eigenvalue weighted by Gasteiger charge is 2.21. The zero-order valence-corrected chi connectivity index (χ0v) is 18.8. The molecular formula is C30H38. The normalized spacial score (nSPS) is 18.4. The summed E-state index contributed by atoms with van der Waals surface area (Å²) in [6.07, 6.45) is 16.4. The quantitative estimate of drug-likeness (QED) is 0.226. The van der Waals surface area contributed by atoms with Crippen LogP contribution in [-0.4, -0.2) is 0 Å². The molecule has 2 aromatic rings. The van der Waals surface area contributed by atoms with Gasteiger partial charge in [0.1, 0.15) is 0 Å². The average molecular weight is 399 g/mol. The summed E-state index contributed by atoms with van der Waals surface area (Å²) in [5.41, 5.74) is 5.12. The van der Waals surface area contributed by atoms with Gasteiger partial charge in [0.2, 0.25) is 0 Å². The third-order valence-corrected chi connectivity index (χ3v) is 6.62. The van der Waals surface area contributed by atoms with Crippen molar-refractivity contribution in [1.29, 1.82) is 0 Å². The van der Waals surface area contributed by atoms with Crippen LogP contribution in [0.25, 0.3) is 0 Å². The molecule has 0 radical (unpaired) electrons. The van der Waals surface area contributed by atoms with Crippen molar-refractivity contribution >= 4 is 0 Å². The Hall–Kier alpha value is -2.26. The zero-order chi connectivity index (χ0) is 21.0. The van der Waals surface area contributed by atoms with Crippen molar-refractivity contribution in [3.05, 3.63) is 83.4 Å². The van der Waals surface area contributed by atoms with Gasteiger partial charge in [-0.15, -0.1) is 6.58 Å². The van der Waals surface area contributed by atoms with Crippen LogP contribution in [0.4, 0.5) is 0 Å². The van der Waals surface area contributed by atoms with Gasteiger partial charge in [0, 0.05) is 11.1 Å². The Balaban J connectivity index is 1.49. The first-order valence-electron chi connectivity index (χ1n) is 12.1. The van der Waals surface area contributed by atoms with E-state index in [-0.39, 0.29) is 0 Å². The van der Waals surface area contributed by atoms with Crippen molar-refractivity contribution in [3.63, 3.8) is 0 Å². The molecule has 3 rings (SSSR count). The van der Waals surface area contributed by atoms with Crippen LogP contribution in [0.5, 0.6) is 0 Å². The molecule has 158 valence electrons. The van der Waals surface area contributed by atoms with Gasteiger partial charge in [0.15, 0.2) is 0 Å². The van der Waals surface area contributed by atoms with Gasteiger partial charge < -0.3 is 0 Å². The van der Waals surface area contributed by atoms with E-state index in [2.05, 4.69) is 73.9 Å². The Morgan fingerprint density at radius 1 is 0.833 bits per heavy atom. The summed E-state index contributed by atoms with van der Waals surface area (Å²) < 4.78 is 0. The smallest absolute Gasteiger partial charge is 0.0249 e. The van der Waals surface area contributed by atoms with E-state index < -0.39 is 0 Å². The van der Waals surface area contributed by atoms with Crippen molar-refractivity contribution < 1.29 is 0 Å². The first-order valence-corrected chi connectivity index (χ1v) is 12.1. The molecule has 0 spiro atoms. The lowest BCUT2D eigenvalue weighted by Gasteiger charge is -2.28. The lowest BCUT2D eigenvalue weighted by molar-refractivity contribution is 0.304. The van der Waals surface area contributed by atoms with Crippen LogP contribution >= 0.6 is 0 Å². The molecule has 1 aliphatic rings. The Kier molecular flexibility index (Phi) is 9.30. The van der Waals surface area contributed by atoms with Gasteiger partial charge in [-0.2, -0.15) is 0 Å². The Labute approximate surface area is 184 Å². The maximum absolute atomic E-state index is 3.79. The summed E-state index contributed by atoms with van der Waals surface area (Å²) in [5, 5.41) is 0. The summed E-state index contributed by atoms with van der Waals surface area (Å²) in [7, 11) is 0. The molecule has 0 unspecified atom stereocenters. The van der Waals surface area contributed by atoms with Gasteiger partial charge >= 0.3 is 0 Å². The number of allylic oxidation sites excluding steroid dienone is 1. The van der Waals surface area contributed by atoms with Crippen LogP contribution in [0.1, 0.15) is 99.3 Å². The van der Waals surface area contributed by atoms with E-state index in [1.54, 1.807) is 0 Å². The topological polar surface area (TPSA) is 0 Å². The van der Waals surface area contributed by atoms with E-state index in [4.69, 9.17) is 0 Å². The highest BCUT2D eigenvalue weighted by molar-refractivity contribution is 5.44. The predicted molar refractivity (Wildman–Crippen MR) is 131 cm³/mol. The van der Waals surface area contributed by atoms with E-state index in [1.165, 1.54) is 68.9 Å². The third kappa shape index (κ3) is 7.21. The molecule has 0 aromatic heterocycles. The lowest BCUT2D eigenvalue weighted by Crippen LogP contribution is -2.13. The van der Waals surface area contributed by atoms with Crippen molar-refractivity contribution in [3.8, 4) is 11.8 Å². The highest BCUT2D eigenvalue weighted by Crippen LogP contribution is 2.37. The minimum Gasteiger partial charge on any atom is -0.103 e. The Bertz CT molecular complexity index is 805. The monoisotopic (exact) mass is 398 g/mol. The minimum atomic E-state index is 0.754. The van der Waals surface area contributed by atoms with E-state index >= 15 is 0 Å². The van der Waals surface area contributed by atoms with Crippen LogP contribution in [0.2, 0.25) is 0 Å². The number of benzene rings is 2. The van der Waals surface area contributed by atoms with Gasteiger partial charge in [-0.05, 0) is 98.6 Å². The Morgan fingerprint density at radius 3 is 2.07 bits per heavy atom. The molecule has 0 atom stereocenters. The average Bonchev–Trinajstić information content (AvgIpc) is 2.81. The number of rotatable bonds is 9. The summed E-state index contributed by atoms with van der Waals surface area (Å²) in [6, 6.07) is 17.8. The molecule has 0 saturated heterocycles. The molecule has 0 aliphatic heterocycles. The highest BCUT2D eigenvalue weighted by atomic mass is 14.3. The largest absolute Gasteiger partial charge is 0.103 e. The van der Waals surface area contributed by atoms with Gasteiger partial charge in [0.25, 0.3) is 0 Å². The second kappa shape index (κ2) is 12.4. The molecule has 1 saturated carbocycles. The molecule has 0 amide bonds.